The van der Waals surface area contributed by atoms with Gasteiger partial charge >= 0.3 is 0 Å². The van der Waals surface area contributed by atoms with Gasteiger partial charge in [0.25, 0.3) is 0 Å². The standard InChI is InChI=1S/C21H23ClN6/c1-13-5-4-6-15(22)19(13)21-25-12-18-20(23)26-16-8-7-14(11-17(16)28(18)21)24-9-10-27(2)3/h4-8,11-12,24H,9-10H2,1-3H3,(H2,23,26). The minimum atomic E-state index is 0.448. The molecule has 6 nitrogen and oxygen atoms in total. The number of aromatic nitrogens is 3. The number of nitrogens with one attached hydrogen (secondary N) is 1. The fraction of sp³-hybridized carbons (Fsp3) is 0.238. The molecule has 0 radical (unpaired) electrons. The second-order valence-electron chi connectivity index (χ2n) is 7.16. The van der Waals surface area contributed by atoms with Crippen LogP contribution in [0.25, 0.3) is 27.9 Å². The molecule has 7 heteroatoms. The van der Waals surface area contributed by atoms with Gasteiger partial charge in [0.1, 0.15) is 17.2 Å². The van der Waals surface area contributed by atoms with E-state index in [2.05, 4.69) is 40.3 Å². The van der Waals surface area contributed by atoms with Crippen molar-refractivity contribution in [3.63, 3.8) is 0 Å². The van der Waals surface area contributed by atoms with Crippen LogP contribution in [0, 0.1) is 6.92 Å². The van der Waals surface area contributed by atoms with E-state index in [1.54, 1.807) is 6.20 Å². The van der Waals surface area contributed by atoms with E-state index in [0.717, 1.165) is 52.3 Å². The molecule has 0 unspecified atom stereocenters. The molecule has 0 atom stereocenters. The molecule has 0 bridgehead atoms. The van der Waals surface area contributed by atoms with Gasteiger partial charge in [-0.25, -0.2) is 9.97 Å². The van der Waals surface area contributed by atoms with E-state index in [-0.39, 0.29) is 0 Å². The van der Waals surface area contributed by atoms with Gasteiger partial charge in [0.2, 0.25) is 0 Å². The highest BCUT2D eigenvalue weighted by Gasteiger charge is 2.17. The first kappa shape index (κ1) is 18.5. The van der Waals surface area contributed by atoms with Crippen molar-refractivity contribution in [1.82, 2.24) is 19.3 Å². The molecule has 4 rings (SSSR count). The zero-order valence-corrected chi connectivity index (χ0v) is 17.0. The summed E-state index contributed by atoms with van der Waals surface area (Å²) in [6.07, 6.45) is 1.76. The smallest absolute Gasteiger partial charge is 0.150 e. The van der Waals surface area contributed by atoms with Gasteiger partial charge in [0.15, 0.2) is 0 Å². The summed E-state index contributed by atoms with van der Waals surface area (Å²) < 4.78 is 2.04. The second kappa shape index (κ2) is 7.30. The van der Waals surface area contributed by atoms with Crippen LogP contribution in [0.3, 0.4) is 0 Å². The summed E-state index contributed by atoms with van der Waals surface area (Å²) in [6, 6.07) is 11.9. The number of benzene rings is 2. The third kappa shape index (κ3) is 3.25. The van der Waals surface area contributed by atoms with Crippen molar-refractivity contribution in [2.24, 2.45) is 0 Å². The third-order valence-corrected chi connectivity index (χ3v) is 5.13. The van der Waals surface area contributed by atoms with Gasteiger partial charge in [0, 0.05) is 24.3 Å². The van der Waals surface area contributed by atoms with Crippen LogP contribution in [-0.2, 0) is 0 Å². The number of fused-ring (bicyclic) bond motifs is 3. The van der Waals surface area contributed by atoms with E-state index in [9.17, 15) is 0 Å². The van der Waals surface area contributed by atoms with Gasteiger partial charge in [-0.3, -0.25) is 4.40 Å². The van der Waals surface area contributed by atoms with E-state index in [1.807, 2.05) is 41.7 Å². The molecule has 0 aliphatic heterocycles. The molecule has 0 fully saturated rings. The minimum absolute atomic E-state index is 0.448. The quantitative estimate of drug-likeness (QED) is 0.534. The predicted molar refractivity (Wildman–Crippen MR) is 117 cm³/mol. The van der Waals surface area contributed by atoms with Gasteiger partial charge in [-0.1, -0.05) is 23.7 Å². The molecule has 0 amide bonds. The fourth-order valence-electron chi connectivity index (χ4n) is 3.39. The first-order valence-electron chi connectivity index (χ1n) is 9.16. The van der Waals surface area contributed by atoms with Crippen LogP contribution in [0.4, 0.5) is 11.5 Å². The minimum Gasteiger partial charge on any atom is -0.384 e. The van der Waals surface area contributed by atoms with Gasteiger partial charge in [-0.15, -0.1) is 0 Å². The summed E-state index contributed by atoms with van der Waals surface area (Å²) in [5.74, 6) is 1.21. The Kier molecular flexibility index (Phi) is 4.83. The Bertz CT molecular complexity index is 1140. The first-order chi connectivity index (χ1) is 13.5. The zero-order chi connectivity index (χ0) is 19.8. The lowest BCUT2D eigenvalue weighted by atomic mass is 10.1. The van der Waals surface area contributed by atoms with Crippen LogP contribution in [-0.4, -0.2) is 46.5 Å². The number of hydrogen-bond donors (Lipinski definition) is 2. The molecule has 0 aliphatic rings. The van der Waals surface area contributed by atoms with Crippen molar-refractivity contribution < 1.29 is 0 Å². The topological polar surface area (TPSA) is 71.5 Å². The number of anilines is 2. The highest BCUT2D eigenvalue weighted by molar-refractivity contribution is 6.33. The second-order valence-corrected chi connectivity index (χ2v) is 7.57. The van der Waals surface area contributed by atoms with Crippen LogP contribution < -0.4 is 11.1 Å². The lowest BCUT2D eigenvalue weighted by Crippen LogP contribution is -2.20. The molecule has 3 N–H and O–H groups in total. The number of nitrogens with zero attached hydrogens (tertiary/aromatic N) is 4. The van der Waals surface area contributed by atoms with Gasteiger partial charge in [-0.2, -0.15) is 0 Å². The number of hydrogen-bond acceptors (Lipinski definition) is 5. The molecule has 2 heterocycles. The Labute approximate surface area is 169 Å². The molecule has 2 aromatic carbocycles. The normalized spacial score (nSPS) is 11.6. The van der Waals surface area contributed by atoms with E-state index < -0.39 is 0 Å². The van der Waals surface area contributed by atoms with Crippen molar-refractivity contribution in [3.8, 4) is 11.4 Å². The first-order valence-corrected chi connectivity index (χ1v) is 9.54. The molecule has 144 valence electrons. The summed E-state index contributed by atoms with van der Waals surface area (Å²) >= 11 is 6.52. The van der Waals surface area contributed by atoms with Crippen LogP contribution in [0.15, 0.2) is 42.6 Å². The van der Waals surface area contributed by atoms with Crippen LogP contribution >= 0.6 is 11.6 Å². The zero-order valence-electron chi connectivity index (χ0n) is 16.2. The highest BCUT2D eigenvalue weighted by Crippen LogP contribution is 2.34. The van der Waals surface area contributed by atoms with Crippen molar-refractivity contribution in [2.75, 3.05) is 38.2 Å². The molecule has 0 aliphatic carbocycles. The lowest BCUT2D eigenvalue weighted by Gasteiger charge is -2.14. The summed E-state index contributed by atoms with van der Waals surface area (Å²) in [5.41, 5.74) is 11.7. The number of nitrogens with two attached hydrogens (primary N) is 1. The molecule has 0 saturated carbocycles. The van der Waals surface area contributed by atoms with Crippen LogP contribution in [0.2, 0.25) is 5.02 Å². The number of nitrogen functional groups attached to an aromatic ring is 1. The molecular weight excluding hydrogens is 372 g/mol. The van der Waals surface area contributed by atoms with E-state index >= 15 is 0 Å². The largest absolute Gasteiger partial charge is 0.384 e. The molecule has 0 saturated heterocycles. The van der Waals surface area contributed by atoms with Crippen molar-refractivity contribution >= 4 is 39.7 Å². The maximum atomic E-state index is 6.52. The van der Waals surface area contributed by atoms with Crippen molar-refractivity contribution in [1.29, 1.82) is 0 Å². The van der Waals surface area contributed by atoms with E-state index in [4.69, 9.17) is 17.3 Å². The van der Waals surface area contributed by atoms with Gasteiger partial charge in [-0.05, 0) is 50.8 Å². The van der Waals surface area contributed by atoms with E-state index in [0.29, 0.717) is 10.8 Å². The van der Waals surface area contributed by atoms with Crippen molar-refractivity contribution in [2.45, 2.75) is 6.92 Å². The number of halogens is 1. The molecule has 0 spiro atoms. The number of rotatable bonds is 5. The summed E-state index contributed by atoms with van der Waals surface area (Å²) in [5, 5.41) is 4.12. The average Bonchev–Trinajstić information content (AvgIpc) is 3.07. The van der Waals surface area contributed by atoms with Crippen molar-refractivity contribution in [3.05, 3.63) is 53.2 Å². The Morgan fingerprint density at radius 3 is 2.75 bits per heavy atom. The Morgan fingerprint density at radius 1 is 1.18 bits per heavy atom. The average molecular weight is 395 g/mol. The Morgan fingerprint density at radius 2 is 2.00 bits per heavy atom. The monoisotopic (exact) mass is 394 g/mol. The van der Waals surface area contributed by atoms with Gasteiger partial charge in [0.05, 0.1) is 22.3 Å². The summed E-state index contributed by atoms with van der Waals surface area (Å²) in [6.45, 7) is 3.83. The lowest BCUT2D eigenvalue weighted by molar-refractivity contribution is 0.425. The predicted octanol–water partition coefficient (Wildman–Crippen LogP) is 4.07. The van der Waals surface area contributed by atoms with Crippen LogP contribution in [0.1, 0.15) is 5.56 Å². The SMILES string of the molecule is Cc1cccc(Cl)c1-c1ncc2c(N)nc3ccc(NCCN(C)C)cc3n12. The summed E-state index contributed by atoms with van der Waals surface area (Å²) in [7, 11) is 4.12. The van der Waals surface area contributed by atoms with Gasteiger partial charge < -0.3 is 16.0 Å². The maximum Gasteiger partial charge on any atom is 0.150 e. The fourth-order valence-corrected chi connectivity index (χ4v) is 3.69. The number of imidazole rings is 1. The molecule has 28 heavy (non-hydrogen) atoms. The van der Waals surface area contributed by atoms with E-state index in [1.165, 1.54) is 0 Å². The third-order valence-electron chi connectivity index (χ3n) is 4.82. The van der Waals surface area contributed by atoms with Crippen LogP contribution in [0.5, 0.6) is 0 Å². The highest BCUT2D eigenvalue weighted by atomic mass is 35.5. The Balaban J connectivity index is 1.92. The molecule has 4 aromatic rings. The maximum absolute atomic E-state index is 6.52. The summed E-state index contributed by atoms with van der Waals surface area (Å²) in [4.78, 5) is 11.3. The molecular formula is C21H23ClN6. The Hall–Kier alpha value is -2.83. The number of aryl methyl sites for hydroxylation is 1. The number of likely N-dealkylation sites (N-methyl/N-ethyl adjacent to an activating group) is 1. The molecule has 2 aromatic heterocycles.